The van der Waals surface area contributed by atoms with Gasteiger partial charge in [0.25, 0.3) is 0 Å². The second-order valence-electron chi connectivity index (χ2n) is 13.4. The topological polar surface area (TPSA) is 98.4 Å². The highest BCUT2D eigenvalue weighted by molar-refractivity contribution is 6.00. The summed E-state index contributed by atoms with van der Waals surface area (Å²) in [4.78, 5) is 19.8. The molecule has 240 valence electrons. The van der Waals surface area contributed by atoms with Gasteiger partial charge in [-0.05, 0) is 118 Å². The minimum Gasteiger partial charge on any atom is -0.352 e. The van der Waals surface area contributed by atoms with Crippen LogP contribution in [0, 0.1) is 11.7 Å². The molecule has 1 aliphatic carbocycles. The number of pyridine rings is 3. The quantitative estimate of drug-likeness (QED) is 0.136. The highest BCUT2D eigenvalue weighted by Crippen LogP contribution is 2.35. The smallest absolute Gasteiger partial charge is 0.181 e. The van der Waals surface area contributed by atoms with Crippen molar-refractivity contribution < 1.29 is 4.39 Å². The maximum Gasteiger partial charge on any atom is 0.181 e. The van der Waals surface area contributed by atoms with Gasteiger partial charge in [-0.25, -0.2) is 9.37 Å². The van der Waals surface area contributed by atoms with Gasteiger partial charge >= 0.3 is 0 Å². The van der Waals surface area contributed by atoms with Crippen molar-refractivity contribution in [3.63, 3.8) is 0 Å². The van der Waals surface area contributed by atoms with Crippen molar-refractivity contribution in [3.8, 4) is 33.6 Å². The summed E-state index contributed by atoms with van der Waals surface area (Å²) in [7, 11) is 0. The Morgan fingerprint density at radius 3 is 2.53 bits per heavy atom. The summed E-state index contributed by atoms with van der Waals surface area (Å²) in [5.74, 6) is 0.585. The maximum atomic E-state index is 14.9. The van der Waals surface area contributed by atoms with Crippen LogP contribution in [0.25, 0.3) is 55.6 Å². The van der Waals surface area contributed by atoms with E-state index in [2.05, 4.69) is 64.6 Å². The minimum absolute atomic E-state index is 0.215. The lowest BCUT2D eigenvalue weighted by atomic mass is 9.99. The van der Waals surface area contributed by atoms with Crippen LogP contribution in [0.5, 0.6) is 0 Å². The molecule has 1 saturated heterocycles. The number of aromatic amines is 2. The molecule has 5 aromatic heterocycles. The molecule has 0 amide bonds. The largest absolute Gasteiger partial charge is 0.352 e. The van der Waals surface area contributed by atoms with Crippen molar-refractivity contribution >= 4 is 21.9 Å². The molecule has 47 heavy (non-hydrogen) atoms. The predicted octanol–water partition coefficient (Wildman–Crippen LogP) is 7.68. The van der Waals surface area contributed by atoms with E-state index in [0.717, 1.165) is 99.5 Å². The number of hydrogen-bond acceptors (Lipinski definition) is 6. The fourth-order valence-electron chi connectivity index (χ4n) is 7.52. The third-order valence-electron chi connectivity index (χ3n) is 10.00. The van der Waals surface area contributed by atoms with Gasteiger partial charge in [-0.15, -0.1) is 0 Å². The molecule has 6 heterocycles. The number of benzene rings is 1. The summed E-state index contributed by atoms with van der Waals surface area (Å²) >= 11 is 0. The van der Waals surface area contributed by atoms with Crippen molar-refractivity contribution in [2.75, 3.05) is 26.2 Å². The van der Waals surface area contributed by atoms with Gasteiger partial charge in [0.05, 0.1) is 23.1 Å². The van der Waals surface area contributed by atoms with Gasteiger partial charge in [0.15, 0.2) is 5.65 Å². The highest BCUT2D eigenvalue weighted by Gasteiger charge is 2.17. The van der Waals surface area contributed by atoms with Crippen molar-refractivity contribution in [1.29, 1.82) is 0 Å². The summed E-state index contributed by atoms with van der Waals surface area (Å²) in [6.07, 6.45) is 19.2. The maximum absolute atomic E-state index is 14.9. The molecule has 2 aliphatic rings. The zero-order chi connectivity index (χ0) is 31.6. The molecule has 0 radical (unpaired) electrons. The van der Waals surface area contributed by atoms with E-state index in [4.69, 9.17) is 0 Å². The number of rotatable bonds is 11. The normalized spacial score (nSPS) is 15.9. The summed E-state index contributed by atoms with van der Waals surface area (Å²) in [6.45, 7) is 5.31. The summed E-state index contributed by atoms with van der Waals surface area (Å²) in [6, 6.07) is 11.8. The summed E-state index contributed by atoms with van der Waals surface area (Å²) in [5, 5.41) is 13.2. The van der Waals surface area contributed by atoms with E-state index >= 15 is 0 Å². The first-order valence-electron chi connectivity index (χ1n) is 17.1. The Balaban J connectivity index is 1.05. The molecule has 1 aliphatic heterocycles. The Morgan fingerprint density at radius 2 is 1.64 bits per heavy atom. The molecule has 1 saturated carbocycles. The lowest BCUT2D eigenvalue weighted by Gasteiger charge is -2.14. The third-order valence-corrected chi connectivity index (χ3v) is 10.00. The van der Waals surface area contributed by atoms with Crippen LogP contribution in [0.3, 0.4) is 0 Å². The average molecular weight is 629 g/mol. The summed E-state index contributed by atoms with van der Waals surface area (Å²) in [5.41, 5.74) is 9.19. The number of halogens is 1. The number of hydrogen-bond donors (Lipinski definition) is 3. The Kier molecular flexibility index (Phi) is 8.48. The van der Waals surface area contributed by atoms with E-state index in [9.17, 15) is 4.39 Å². The van der Waals surface area contributed by atoms with E-state index in [-0.39, 0.29) is 5.82 Å². The van der Waals surface area contributed by atoms with Crippen LogP contribution in [-0.4, -0.2) is 61.2 Å². The molecule has 0 spiro atoms. The van der Waals surface area contributed by atoms with Crippen LogP contribution in [0.1, 0.15) is 56.1 Å². The van der Waals surface area contributed by atoms with Crippen molar-refractivity contribution in [2.45, 2.75) is 57.9 Å². The number of fused-ring (bicyclic) bond motifs is 2. The standard InChI is InChI=1S/C38H41FN8/c39-31-14-26(8-5-11-47-9-3-4-10-47)12-28(15-31)34-23-42-24-36-32(34)17-35(44-36)37-33-16-30(22-43-38(33)46-45-37)29-13-27(20-41-21-29)19-40-18-25-6-1-2-7-25/h12-17,20-25,40,44H,1-11,18-19H2,(H,43,45,46). The van der Waals surface area contributed by atoms with Crippen molar-refractivity contribution in [2.24, 2.45) is 5.92 Å². The molecular formula is C38H41FN8. The predicted molar refractivity (Wildman–Crippen MR) is 185 cm³/mol. The fourth-order valence-corrected chi connectivity index (χ4v) is 7.52. The Labute approximate surface area is 274 Å². The van der Waals surface area contributed by atoms with Crippen LogP contribution in [0.15, 0.2) is 67.4 Å². The Hall–Kier alpha value is -4.47. The molecule has 3 N–H and O–H groups in total. The SMILES string of the molecule is Fc1cc(CCCN2CCCC2)cc(-c2cncc3[nH]c(-c4[nH]nc5ncc(-c6cncc(CNCC7CCCC7)c6)cc45)cc23)c1. The van der Waals surface area contributed by atoms with E-state index in [1.165, 1.54) is 51.6 Å². The van der Waals surface area contributed by atoms with Gasteiger partial charge in [-0.3, -0.25) is 15.1 Å². The molecule has 0 bridgehead atoms. The first-order chi connectivity index (χ1) is 23.2. The van der Waals surface area contributed by atoms with Gasteiger partial charge in [0, 0.05) is 58.8 Å². The van der Waals surface area contributed by atoms with E-state index in [0.29, 0.717) is 5.65 Å². The second-order valence-corrected chi connectivity index (χ2v) is 13.4. The summed E-state index contributed by atoms with van der Waals surface area (Å²) < 4.78 is 14.9. The molecule has 2 fully saturated rings. The molecule has 0 atom stereocenters. The van der Waals surface area contributed by atoms with Gasteiger partial charge in [0.1, 0.15) is 5.82 Å². The number of likely N-dealkylation sites (tertiary alicyclic amines) is 1. The first kappa shape index (κ1) is 29.9. The lowest BCUT2D eigenvalue weighted by Crippen LogP contribution is -2.20. The zero-order valence-corrected chi connectivity index (χ0v) is 26.7. The minimum atomic E-state index is -0.215. The monoisotopic (exact) mass is 628 g/mol. The molecule has 8 nitrogen and oxygen atoms in total. The van der Waals surface area contributed by atoms with Gasteiger partial charge < -0.3 is 15.2 Å². The Bertz CT molecular complexity index is 2000. The van der Waals surface area contributed by atoms with Crippen LogP contribution in [0.4, 0.5) is 4.39 Å². The first-order valence-corrected chi connectivity index (χ1v) is 17.1. The van der Waals surface area contributed by atoms with E-state index in [1.807, 2.05) is 31.0 Å². The van der Waals surface area contributed by atoms with Crippen LogP contribution >= 0.6 is 0 Å². The average Bonchev–Trinajstić information content (AvgIpc) is 3.91. The molecule has 8 rings (SSSR count). The van der Waals surface area contributed by atoms with E-state index in [1.54, 1.807) is 12.1 Å². The van der Waals surface area contributed by atoms with Crippen LogP contribution in [-0.2, 0) is 13.0 Å². The number of nitrogens with zero attached hydrogens (tertiary/aromatic N) is 5. The second kappa shape index (κ2) is 13.3. The Morgan fingerprint density at radius 1 is 0.809 bits per heavy atom. The lowest BCUT2D eigenvalue weighted by molar-refractivity contribution is 0.334. The molecule has 1 aromatic carbocycles. The number of nitrogens with one attached hydrogen (secondary N) is 3. The van der Waals surface area contributed by atoms with Gasteiger partial charge in [0.2, 0.25) is 0 Å². The molecule has 9 heteroatoms. The number of aromatic nitrogens is 6. The van der Waals surface area contributed by atoms with Gasteiger partial charge in [-0.2, -0.15) is 5.10 Å². The highest BCUT2D eigenvalue weighted by atomic mass is 19.1. The molecular weight excluding hydrogens is 587 g/mol. The number of aryl methyl sites for hydroxylation is 1. The third kappa shape index (κ3) is 6.55. The molecule has 0 unspecified atom stereocenters. The van der Waals surface area contributed by atoms with Gasteiger partial charge in [-0.1, -0.05) is 18.9 Å². The van der Waals surface area contributed by atoms with Crippen LogP contribution < -0.4 is 5.32 Å². The van der Waals surface area contributed by atoms with E-state index < -0.39 is 0 Å². The fraction of sp³-hybridized carbons (Fsp3) is 0.368. The van der Waals surface area contributed by atoms with Crippen molar-refractivity contribution in [1.82, 2.24) is 40.3 Å². The zero-order valence-electron chi connectivity index (χ0n) is 26.7. The molecule has 6 aromatic rings. The van der Waals surface area contributed by atoms with Crippen LogP contribution in [0.2, 0.25) is 0 Å². The van der Waals surface area contributed by atoms with Crippen molar-refractivity contribution in [3.05, 3.63) is 84.3 Å². The number of H-pyrrole nitrogens is 2.